The minimum Gasteiger partial charge on any atom is -0.277 e. The van der Waals surface area contributed by atoms with E-state index in [0.29, 0.717) is 0 Å². The van der Waals surface area contributed by atoms with E-state index >= 15 is 0 Å². The maximum absolute atomic E-state index is 12.7. The number of carbonyl (C=O) groups is 1. The first-order valence-electron chi connectivity index (χ1n) is 7.86. The molecule has 21 heavy (non-hydrogen) atoms. The number of anilines is 1. The molecule has 4 rings (SSSR count). The fourth-order valence-electron chi connectivity index (χ4n) is 3.42. The van der Waals surface area contributed by atoms with Crippen molar-refractivity contribution in [3.8, 4) is 0 Å². The molecule has 0 bridgehead atoms. The number of hydrazine groups is 1. The highest BCUT2D eigenvalue weighted by atomic mass is 16.2. The van der Waals surface area contributed by atoms with Crippen molar-refractivity contribution in [2.24, 2.45) is 4.99 Å². The van der Waals surface area contributed by atoms with E-state index in [9.17, 15) is 4.79 Å². The van der Waals surface area contributed by atoms with Gasteiger partial charge in [-0.1, -0.05) is 18.6 Å². The number of hydrogen-bond acceptors (Lipinski definition) is 4. The second-order valence-electron chi connectivity index (χ2n) is 5.84. The molecule has 5 nitrogen and oxygen atoms in total. The third-order valence-electron chi connectivity index (χ3n) is 4.45. The molecular weight excluding hydrogens is 264 g/mol. The summed E-state index contributed by atoms with van der Waals surface area (Å²) in [5, 5.41) is 4.54. The van der Waals surface area contributed by atoms with Crippen LogP contribution in [-0.2, 0) is 0 Å². The molecular formula is C16H20N4O. The van der Waals surface area contributed by atoms with Crippen molar-refractivity contribution in [2.45, 2.75) is 25.7 Å². The fourth-order valence-corrected chi connectivity index (χ4v) is 3.42. The van der Waals surface area contributed by atoms with Crippen LogP contribution in [0.4, 0.5) is 5.69 Å². The number of para-hydroxylation sites is 1. The van der Waals surface area contributed by atoms with Gasteiger partial charge in [0.05, 0.1) is 11.3 Å². The number of aliphatic imine (C=N–C) groups is 1. The van der Waals surface area contributed by atoms with Gasteiger partial charge in [0.15, 0.2) is 0 Å². The zero-order valence-electron chi connectivity index (χ0n) is 12.2. The van der Waals surface area contributed by atoms with Crippen LogP contribution in [0.15, 0.2) is 29.3 Å². The number of guanidine groups is 1. The molecule has 0 atom stereocenters. The number of carbonyl (C=O) groups excluding carboxylic acids is 1. The van der Waals surface area contributed by atoms with Gasteiger partial charge in [-0.3, -0.25) is 14.7 Å². The monoisotopic (exact) mass is 284 g/mol. The number of amides is 1. The molecule has 1 fully saturated rings. The largest absolute Gasteiger partial charge is 0.277 e. The summed E-state index contributed by atoms with van der Waals surface area (Å²) in [7, 11) is 0. The molecule has 1 aromatic carbocycles. The summed E-state index contributed by atoms with van der Waals surface area (Å²) in [5.74, 6) is 0.921. The fraction of sp³-hybridized carbons (Fsp3) is 0.500. The molecule has 1 aromatic rings. The van der Waals surface area contributed by atoms with Gasteiger partial charge < -0.3 is 0 Å². The smallest absolute Gasteiger partial charge is 0.262 e. The highest BCUT2D eigenvalue weighted by molar-refractivity contribution is 6.18. The Labute approximate surface area is 124 Å². The molecule has 0 saturated carbocycles. The molecule has 110 valence electrons. The maximum atomic E-state index is 12.7. The number of piperidine rings is 1. The summed E-state index contributed by atoms with van der Waals surface area (Å²) < 4.78 is 0. The van der Waals surface area contributed by atoms with Crippen molar-refractivity contribution in [2.75, 3.05) is 31.2 Å². The molecule has 0 N–H and O–H groups in total. The van der Waals surface area contributed by atoms with Crippen molar-refractivity contribution < 1.29 is 4.79 Å². The first kappa shape index (κ1) is 12.8. The predicted molar refractivity (Wildman–Crippen MR) is 82.3 cm³/mol. The van der Waals surface area contributed by atoms with Gasteiger partial charge in [0.1, 0.15) is 0 Å². The number of fused-ring (bicyclic) bond motifs is 2. The van der Waals surface area contributed by atoms with E-state index in [2.05, 4.69) is 15.0 Å². The average Bonchev–Trinajstić information content (AvgIpc) is 2.56. The Morgan fingerprint density at radius 3 is 2.62 bits per heavy atom. The first-order valence-corrected chi connectivity index (χ1v) is 7.86. The zero-order valence-corrected chi connectivity index (χ0v) is 12.2. The Kier molecular flexibility index (Phi) is 3.15. The summed E-state index contributed by atoms with van der Waals surface area (Å²) in [6, 6.07) is 7.91. The minimum absolute atomic E-state index is 0.0947. The normalized spacial score (nSPS) is 22.7. The molecule has 3 aliphatic rings. The van der Waals surface area contributed by atoms with Crippen LogP contribution in [0, 0.1) is 0 Å². The van der Waals surface area contributed by atoms with Gasteiger partial charge in [0, 0.05) is 26.2 Å². The van der Waals surface area contributed by atoms with Crippen LogP contribution in [-0.4, -0.2) is 48.0 Å². The van der Waals surface area contributed by atoms with E-state index < -0.39 is 0 Å². The Hall–Kier alpha value is -1.88. The topological polar surface area (TPSA) is 39.2 Å². The molecule has 0 spiro atoms. The molecule has 1 amide bonds. The molecule has 1 saturated heterocycles. The van der Waals surface area contributed by atoms with E-state index in [-0.39, 0.29) is 5.91 Å². The lowest BCUT2D eigenvalue weighted by Gasteiger charge is -2.46. The summed E-state index contributed by atoms with van der Waals surface area (Å²) in [6.07, 6.45) is 4.66. The quantitative estimate of drug-likeness (QED) is 0.793. The molecule has 0 radical (unpaired) electrons. The van der Waals surface area contributed by atoms with Gasteiger partial charge in [-0.15, -0.1) is 0 Å². The second kappa shape index (κ2) is 5.15. The number of rotatable bonds is 1. The van der Waals surface area contributed by atoms with E-state index in [1.165, 1.54) is 19.3 Å². The lowest BCUT2D eigenvalue weighted by atomic mass is 10.1. The summed E-state index contributed by atoms with van der Waals surface area (Å²) in [5.41, 5.74) is 1.78. The van der Waals surface area contributed by atoms with Crippen molar-refractivity contribution in [3.05, 3.63) is 29.8 Å². The maximum Gasteiger partial charge on any atom is 0.262 e. The molecule has 0 aromatic heterocycles. The van der Waals surface area contributed by atoms with Crippen LogP contribution in [0.3, 0.4) is 0 Å². The Balaban J connectivity index is 1.82. The van der Waals surface area contributed by atoms with Gasteiger partial charge in [-0.25, -0.2) is 10.0 Å². The van der Waals surface area contributed by atoms with Gasteiger partial charge in [0.2, 0.25) is 5.96 Å². The molecule has 3 aliphatic heterocycles. The third-order valence-corrected chi connectivity index (χ3v) is 4.45. The van der Waals surface area contributed by atoms with Crippen molar-refractivity contribution in [1.29, 1.82) is 0 Å². The first-order chi connectivity index (χ1) is 10.4. The van der Waals surface area contributed by atoms with Crippen LogP contribution < -0.4 is 5.01 Å². The minimum atomic E-state index is 0.0947. The average molecular weight is 284 g/mol. The molecule has 5 heteroatoms. The van der Waals surface area contributed by atoms with E-state index in [4.69, 9.17) is 0 Å². The predicted octanol–water partition coefficient (Wildman–Crippen LogP) is 2.11. The van der Waals surface area contributed by atoms with Crippen LogP contribution in [0.1, 0.15) is 36.0 Å². The van der Waals surface area contributed by atoms with E-state index in [0.717, 1.165) is 49.8 Å². The lowest BCUT2D eigenvalue weighted by molar-refractivity contribution is 0.0820. The Morgan fingerprint density at radius 2 is 1.76 bits per heavy atom. The van der Waals surface area contributed by atoms with Gasteiger partial charge >= 0.3 is 0 Å². The highest BCUT2D eigenvalue weighted by Gasteiger charge is 2.38. The van der Waals surface area contributed by atoms with Gasteiger partial charge in [0.25, 0.3) is 5.91 Å². The summed E-state index contributed by atoms with van der Waals surface area (Å²) in [4.78, 5) is 19.2. The molecule has 0 aliphatic carbocycles. The van der Waals surface area contributed by atoms with Crippen molar-refractivity contribution in [3.63, 3.8) is 0 Å². The van der Waals surface area contributed by atoms with Crippen LogP contribution in [0.5, 0.6) is 0 Å². The highest BCUT2D eigenvalue weighted by Crippen LogP contribution is 2.32. The van der Waals surface area contributed by atoms with E-state index in [1.807, 2.05) is 29.2 Å². The molecule has 3 heterocycles. The third kappa shape index (κ3) is 2.03. The Morgan fingerprint density at radius 1 is 0.952 bits per heavy atom. The number of hydrogen-bond donors (Lipinski definition) is 0. The second-order valence-corrected chi connectivity index (χ2v) is 5.84. The Bertz CT molecular complexity index is 592. The van der Waals surface area contributed by atoms with E-state index in [1.54, 1.807) is 0 Å². The van der Waals surface area contributed by atoms with Gasteiger partial charge in [-0.05, 0) is 31.4 Å². The van der Waals surface area contributed by atoms with Crippen LogP contribution in [0.25, 0.3) is 0 Å². The van der Waals surface area contributed by atoms with Crippen molar-refractivity contribution >= 4 is 17.6 Å². The number of benzene rings is 1. The summed E-state index contributed by atoms with van der Waals surface area (Å²) in [6.45, 7) is 3.66. The van der Waals surface area contributed by atoms with Crippen LogP contribution >= 0.6 is 0 Å². The lowest BCUT2D eigenvalue weighted by Crippen LogP contribution is -2.60. The summed E-state index contributed by atoms with van der Waals surface area (Å²) >= 11 is 0. The standard InChI is InChI=1S/C16H20N4O/c21-15-13-7-2-3-8-14(13)20(18-10-4-1-5-11-18)16-17-9-6-12-19(15)16/h2-3,7-8H,1,4-6,9-12H2. The van der Waals surface area contributed by atoms with Crippen molar-refractivity contribution in [1.82, 2.24) is 9.91 Å². The molecule has 0 unspecified atom stereocenters. The zero-order chi connectivity index (χ0) is 14.2. The number of nitrogens with zero attached hydrogens (tertiary/aromatic N) is 4. The van der Waals surface area contributed by atoms with Gasteiger partial charge in [-0.2, -0.15) is 0 Å². The van der Waals surface area contributed by atoms with Crippen LogP contribution in [0.2, 0.25) is 0 Å². The SMILES string of the molecule is O=C1c2ccccc2N(N2CCCCC2)C2=NCCCN12.